The molecule has 0 fully saturated rings. The summed E-state index contributed by atoms with van der Waals surface area (Å²) >= 11 is 7.92. The third-order valence-electron chi connectivity index (χ3n) is 7.70. The number of aliphatic imine (C=N–C) groups is 1. The first kappa shape index (κ1) is 26.7. The summed E-state index contributed by atoms with van der Waals surface area (Å²) in [5.41, 5.74) is 7.37. The lowest BCUT2D eigenvalue weighted by Crippen LogP contribution is -2.19. The van der Waals surface area contributed by atoms with Gasteiger partial charge in [-0.3, -0.25) is 4.99 Å². The van der Waals surface area contributed by atoms with Crippen molar-refractivity contribution in [3.8, 4) is 0 Å². The Labute approximate surface area is 235 Å². The molecular weight excluding hydrogens is 508 g/mol. The zero-order valence-electron chi connectivity index (χ0n) is 22.7. The van der Waals surface area contributed by atoms with Crippen molar-refractivity contribution in [1.82, 2.24) is 4.98 Å². The van der Waals surface area contributed by atoms with Gasteiger partial charge in [-0.25, -0.2) is 4.98 Å². The van der Waals surface area contributed by atoms with Crippen LogP contribution in [-0.4, -0.2) is 23.4 Å². The van der Waals surface area contributed by atoms with Gasteiger partial charge in [-0.15, -0.1) is 0 Å². The van der Waals surface area contributed by atoms with Crippen molar-refractivity contribution in [3.05, 3.63) is 87.9 Å². The van der Waals surface area contributed by atoms with Gasteiger partial charge in [0.05, 0.1) is 22.1 Å². The molecule has 3 atom stereocenters. The van der Waals surface area contributed by atoms with Crippen LogP contribution < -0.4 is 10.6 Å². The minimum absolute atomic E-state index is 0.307. The number of anilines is 2. The molecule has 0 aliphatic heterocycles. The maximum Gasteiger partial charge on any atom is 0.183 e. The smallest absolute Gasteiger partial charge is 0.183 e. The first-order valence-corrected chi connectivity index (χ1v) is 14.9. The molecule has 6 heteroatoms. The number of thiazole rings is 1. The number of aryl methyl sites for hydroxylation is 1. The molecule has 1 heterocycles. The zero-order valence-corrected chi connectivity index (χ0v) is 24.3. The summed E-state index contributed by atoms with van der Waals surface area (Å²) in [4.78, 5) is 9.84. The Hall–Kier alpha value is -2.89. The third kappa shape index (κ3) is 6.22. The largest absolute Gasteiger partial charge is 0.361 e. The van der Waals surface area contributed by atoms with Crippen molar-refractivity contribution in [2.45, 2.75) is 65.3 Å². The normalized spacial score (nSPS) is 18.0. The van der Waals surface area contributed by atoms with Crippen LogP contribution in [0.3, 0.4) is 0 Å². The maximum absolute atomic E-state index is 6.25. The highest BCUT2D eigenvalue weighted by Gasteiger charge is 2.32. The highest BCUT2D eigenvalue weighted by Crippen LogP contribution is 2.40. The number of nitrogens with zero attached hydrogens (tertiary/aromatic N) is 2. The molecule has 0 spiro atoms. The lowest BCUT2D eigenvalue weighted by Gasteiger charge is -2.21. The van der Waals surface area contributed by atoms with Gasteiger partial charge in [-0.05, 0) is 85.5 Å². The van der Waals surface area contributed by atoms with Gasteiger partial charge in [0.1, 0.15) is 0 Å². The lowest BCUT2D eigenvalue weighted by atomic mass is 9.87. The number of halogens is 1. The summed E-state index contributed by atoms with van der Waals surface area (Å²) in [5, 5.41) is 8.70. The predicted octanol–water partition coefficient (Wildman–Crippen LogP) is 8.89. The van der Waals surface area contributed by atoms with Crippen LogP contribution >= 0.6 is 22.9 Å². The monoisotopic (exact) mass is 544 g/mol. The molecule has 0 bridgehead atoms. The van der Waals surface area contributed by atoms with Crippen LogP contribution in [-0.2, 0) is 12.8 Å². The van der Waals surface area contributed by atoms with E-state index in [-0.39, 0.29) is 0 Å². The molecular formula is C32H37ClN4S. The van der Waals surface area contributed by atoms with E-state index < -0.39 is 0 Å². The summed E-state index contributed by atoms with van der Waals surface area (Å²) in [5.74, 6) is 2.19. The number of amidine groups is 1. The van der Waals surface area contributed by atoms with Gasteiger partial charge in [-0.1, -0.05) is 79.6 Å². The molecule has 198 valence electrons. The second-order valence-corrected chi connectivity index (χ2v) is 12.1. The van der Waals surface area contributed by atoms with Gasteiger partial charge >= 0.3 is 0 Å². The molecule has 4 nitrogen and oxygen atoms in total. The Bertz CT molecular complexity index is 1390. The number of fused-ring (bicyclic) bond motifs is 2. The number of benzene rings is 3. The molecule has 3 aromatic carbocycles. The molecule has 0 saturated heterocycles. The van der Waals surface area contributed by atoms with Crippen molar-refractivity contribution >= 4 is 49.8 Å². The number of rotatable bonds is 9. The fraction of sp³-hybridized carbons (Fsp3) is 0.375. The summed E-state index contributed by atoms with van der Waals surface area (Å²) in [6.45, 7) is 9.60. The summed E-state index contributed by atoms with van der Waals surface area (Å²) in [7, 11) is 0. The van der Waals surface area contributed by atoms with Crippen LogP contribution in [0.2, 0.25) is 5.02 Å². The van der Waals surface area contributed by atoms with Crippen LogP contribution in [0.5, 0.6) is 0 Å². The van der Waals surface area contributed by atoms with Crippen molar-refractivity contribution in [1.29, 1.82) is 0 Å². The van der Waals surface area contributed by atoms with E-state index in [2.05, 4.69) is 91.0 Å². The van der Waals surface area contributed by atoms with Gasteiger partial charge in [-0.2, -0.15) is 0 Å². The van der Waals surface area contributed by atoms with Crippen LogP contribution in [0.15, 0.2) is 65.7 Å². The Kier molecular flexibility index (Phi) is 8.35. The molecule has 0 amide bonds. The van der Waals surface area contributed by atoms with E-state index in [1.54, 1.807) is 11.3 Å². The van der Waals surface area contributed by atoms with Crippen molar-refractivity contribution < 1.29 is 0 Å². The second kappa shape index (κ2) is 11.9. The van der Waals surface area contributed by atoms with Gasteiger partial charge in [0.2, 0.25) is 0 Å². The molecule has 0 saturated carbocycles. The summed E-state index contributed by atoms with van der Waals surface area (Å²) in [6.07, 6.45) is 4.37. The Morgan fingerprint density at radius 2 is 1.95 bits per heavy atom. The molecule has 38 heavy (non-hydrogen) atoms. The molecule has 2 N–H and O–H groups in total. The predicted molar refractivity (Wildman–Crippen MR) is 165 cm³/mol. The van der Waals surface area contributed by atoms with Crippen molar-refractivity contribution in [2.24, 2.45) is 10.9 Å². The molecule has 3 unspecified atom stereocenters. The van der Waals surface area contributed by atoms with Crippen LogP contribution in [0.25, 0.3) is 10.2 Å². The first-order chi connectivity index (χ1) is 18.4. The average Bonchev–Trinajstić information content (AvgIpc) is 3.45. The number of hydrogen-bond donors (Lipinski definition) is 2. The Balaban J connectivity index is 1.16. The highest BCUT2D eigenvalue weighted by atomic mass is 35.5. The van der Waals surface area contributed by atoms with Gasteiger partial charge in [0.15, 0.2) is 5.13 Å². The van der Waals surface area contributed by atoms with E-state index in [0.29, 0.717) is 17.9 Å². The Morgan fingerprint density at radius 3 is 2.74 bits per heavy atom. The van der Waals surface area contributed by atoms with E-state index in [9.17, 15) is 0 Å². The van der Waals surface area contributed by atoms with E-state index in [1.807, 2.05) is 13.0 Å². The lowest BCUT2D eigenvalue weighted by molar-refractivity contribution is 0.424. The van der Waals surface area contributed by atoms with Gasteiger partial charge < -0.3 is 10.6 Å². The fourth-order valence-corrected chi connectivity index (χ4v) is 6.49. The molecule has 0 radical (unpaired) electrons. The number of aromatic nitrogens is 1. The SMILES string of the molecule is CCC(C)CC1c2ccccc2CC1N=C(C)Nc1ccc(CCNc2nc3cc(Cl)c(C)cc3s2)cc1. The first-order valence-electron chi connectivity index (χ1n) is 13.7. The topological polar surface area (TPSA) is 49.3 Å². The van der Waals surface area contributed by atoms with E-state index in [4.69, 9.17) is 16.6 Å². The standard InChI is InChI=1S/C32H37ClN4S/c1-5-20(2)16-27-26-9-7-6-8-24(26)18-29(27)36-22(4)35-25-12-10-23(11-13-25)14-15-34-32-37-30-19-28(33)21(3)17-31(30)38-32/h6-13,17,19-20,27,29H,5,14-16,18H2,1-4H3,(H,34,37)(H,35,36). The van der Waals surface area contributed by atoms with Crippen LogP contribution in [0, 0.1) is 12.8 Å². The summed E-state index contributed by atoms with van der Waals surface area (Å²) in [6, 6.07) is 22.0. The molecule has 1 aromatic heterocycles. The Morgan fingerprint density at radius 1 is 1.16 bits per heavy atom. The number of nitrogens with one attached hydrogen (secondary N) is 2. The van der Waals surface area contributed by atoms with Crippen LogP contribution in [0.1, 0.15) is 61.8 Å². The fourth-order valence-electron chi connectivity index (χ4n) is 5.36. The number of hydrogen-bond acceptors (Lipinski definition) is 4. The van der Waals surface area contributed by atoms with Crippen LogP contribution in [0.4, 0.5) is 10.8 Å². The third-order valence-corrected chi connectivity index (χ3v) is 9.08. The molecule has 1 aliphatic carbocycles. The van der Waals surface area contributed by atoms with E-state index >= 15 is 0 Å². The molecule has 4 aromatic rings. The molecule has 1 aliphatic rings. The van der Waals surface area contributed by atoms with E-state index in [1.165, 1.54) is 29.5 Å². The quantitative estimate of drug-likeness (QED) is 0.163. The van der Waals surface area contributed by atoms with Crippen molar-refractivity contribution in [2.75, 3.05) is 17.2 Å². The minimum Gasteiger partial charge on any atom is -0.361 e. The molecule has 5 rings (SSSR count). The average molecular weight is 545 g/mol. The maximum atomic E-state index is 6.25. The summed E-state index contributed by atoms with van der Waals surface area (Å²) < 4.78 is 1.16. The van der Waals surface area contributed by atoms with Gasteiger partial charge in [0.25, 0.3) is 0 Å². The highest BCUT2D eigenvalue weighted by molar-refractivity contribution is 7.22. The van der Waals surface area contributed by atoms with E-state index in [0.717, 1.165) is 56.8 Å². The zero-order chi connectivity index (χ0) is 26.6. The second-order valence-electron chi connectivity index (χ2n) is 10.6. The van der Waals surface area contributed by atoms with Crippen molar-refractivity contribution in [3.63, 3.8) is 0 Å². The minimum atomic E-state index is 0.307. The van der Waals surface area contributed by atoms with Gasteiger partial charge in [0, 0.05) is 23.2 Å².